The van der Waals surface area contributed by atoms with Gasteiger partial charge in [0.1, 0.15) is 12.2 Å². The maximum Gasteiger partial charge on any atom is 0.422 e. The summed E-state index contributed by atoms with van der Waals surface area (Å²) in [5.74, 6) is -2.18. The third-order valence-corrected chi connectivity index (χ3v) is 2.24. The van der Waals surface area contributed by atoms with Crippen molar-refractivity contribution >= 4 is 11.7 Å². The van der Waals surface area contributed by atoms with Crippen LogP contribution in [-0.2, 0) is 4.79 Å². The summed E-state index contributed by atoms with van der Waals surface area (Å²) in [5, 5.41) is 23.0. The summed E-state index contributed by atoms with van der Waals surface area (Å²) < 4.78 is 41.0. The molecule has 1 N–H and O–H groups in total. The molecule has 0 saturated heterocycles. The molecule has 0 aliphatic carbocycles. The summed E-state index contributed by atoms with van der Waals surface area (Å²) in [6.45, 7) is -0.267. The van der Waals surface area contributed by atoms with Crippen LogP contribution in [0.3, 0.4) is 0 Å². The zero-order valence-electron chi connectivity index (χ0n) is 10.1. The molecule has 20 heavy (non-hydrogen) atoms. The minimum Gasteiger partial charge on any atom is -0.480 e. The number of ether oxygens (including phenoxy) is 1. The molecule has 1 aromatic rings. The number of halogens is 3. The van der Waals surface area contributed by atoms with Gasteiger partial charge in [0.05, 0.1) is 4.92 Å². The van der Waals surface area contributed by atoms with Crippen molar-refractivity contribution in [1.29, 1.82) is 0 Å². The second-order valence-corrected chi connectivity index (χ2v) is 3.72. The van der Waals surface area contributed by atoms with E-state index in [1.807, 2.05) is 0 Å². The van der Waals surface area contributed by atoms with E-state index in [2.05, 4.69) is 9.84 Å². The smallest absolute Gasteiger partial charge is 0.422 e. The van der Waals surface area contributed by atoms with Gasteiger partial charge < -0.3 is 9.84 Å². The van der Waals surface area contributed by atoms with E-state index < -0.39 is 41.3 Å². The lowest BCUT2D eigenvalue weighted by Gasteiger charge is -2.09. The Morgan fingerprint density at radius 2 is 2.25 bits per heavy atom. The second kappa shape index (κ2) is 5.75. The first kappa shape index (κ1) is 15.7. The van der Waals surface area contributed by atoms with E-state index >= 15 is 0 Å². The first-order chi connectivity index (χ1) is 9.15. The van der Waals surface area contributed by atoms with Gasteiger partial charge in [-0.15, -0.1) is 5.10 Å². The fourth-order valence-corrected chi connectivity index (χ4v) is 1.38. The van der Waals surface area contributed by atoms with Crippen LogP contribution >= 0.6 is 0 Å². The lowest BCUT2D eigenvalue weighted by Crippen LogP contribution is -2.21. The van der Waals surface area contributed by atoms with Crippen LogP contribution < -0.4 is 4.74 Å². The van der Waals surface area contributed by atoms with Gasteiger partial charge in [0.25, 0.3) is 0 Å². The zero-order valence-corrected chi connectivity index (χ0v) is 10.1. The maximum atomic E-state index is 12.0. The van der Waals surface area contributed by atoms with Gasteiger partial charge in [-0.05, 0) is 6.42 Å². The summed E-state index contributed by atoms with van der Waals surface area (Å²) >= 11 is 0. The largest absolute Gasteiger partial charge is 0.480 e. The lowest BCUT2D eigenvalue weighted by atomic mass is 10.2. The molecule has 8 nitrogen and oxygen atoms in total. The van der Waals surface area contributed by atoms with Crippen molar-refractivity contribution < 1.29 is 32.7 Å². The van der Waals surface area contributed by atoms with Gasteiger partial charge in [0, 0.05) is 0 Å². The average molecular weight is 297 g/mol. The second-order valence-electron chi connectivity index (χ2n) is 3.72. The fourth-order valence-electron chi connectivity index (χ4n) is 1.38. The van der Waals surface area contributed by atoms with Gasteiger partial charge in [0.2, 0.25) is 0 Å². The first-order valence-electron chi connectivity index (χ1n) is 5.31. The SMILES string of the molecule is CC[C@H](C(=O)O)n1cc([N+](=O)[O-])c(OCC(F)(F)F)n1. The van der Waals surface area contributed by atoms with Gasteiger partial charge >= 0.3 is 23.7 Å². The highest BCUT2D eigenvalue weighted by Gasteiger charge is 2.32. The van der Waals surface area contributed by atoms with E-state index in [-0.39, 0.29) is 6.42 Å². The summed E-state index contributed by atoms with van der Waals surface area (Å²) in [5.41, 5.74) is -0.825. The number of nitrogens with zero attached hydrogens (tertiary/aromatic N) is 3. The first-order valence-corrected chi connectivity index (χ1v) is 5.31. The normalized spacial score (nSPS) is 13.0. The van der Waals surface area contributed by atoms with Crippen molar-refractivity contribution in [2.75, 3.05) is 6.61 Å². The van der Waals surface area contributed by atoms with Crippen LogP contribution in [0.5, 0.6) is 5.88 Å². The van der Waals surface area contributed by atoms with Gasteiger partial charge in [-0.3, -0.25) is 10.1 Å². The van der Waals surface area contributed by atoms with Gasteiger partial charge in [-0.25, -0.2) is 9.48 Å². The van der Waals surface area contributed by atoms with Crippen LogP contribution in [0.4, 0.5) is 18.9 Å². The number of hydrogen-bond acceptors (Lipinski definition) is 5. The molecule has 112 valence electrons. The fraction of sp³-hybridized carbons (Fsp3) is 0.556. The van der Waals surface area contributed by atoms with Crippen molar-refractivity contribution in [1.82, 2.24) is 9.78 Å². The van der Waals surface area contributed by atoms with E-state index in [1.54, 1.807) is 0 Å². The predicted octanol–water partition coefficient (Wildman–Crippen LogP) is 1.77. The van der Waals surface area contributed by atoms with Crippen LogP contribution in [-0.4, -0.2) is 38.6 Å². The molecule has 0 aliphatic rings. The highest BCUT2D eigenvalue weighted by molar-refractivity contribution is 5.71. The summed E-state index contributed by atoms with van der Waals surface area (Å²) in [7, 11) is 0. The van der Waals surface area contributed by atoms with E-state index in [0.29, 0.717) is 4.68 Å². The quantitative estimate of drug-likeness (QED) is 0.633. The van der Waals surface area contributed by atoms with Crippen LogP contribution in [0.25, 0.3) is 0 Å². The highest BCUT2D eigenvalue weighted by atomic mass is 19.4. The monoisotopic (exact) mass is 297 g/mol. The van der Waals surface area contributed by atoms with Gasteiger partial charge in [0.15, 0.2) is 6.61 Å². The van der Waals surface area contributed by atoms with Crippen LogP contribution in [0.1, 0.15) is 19.4 Å². The number of carboxylic acids is 1. The van der Waals surface area contributed by atoms with E-state index in [0.717, 1.165) is 6.20 Å². The highest BCUT2D eigenvalue weighted by Crippen LogP contribution is 2.29. The molecule has 1 heterocycles. The van der Waals surface area contributed by atoms with E-state index in [9.17, 15) is 28.1 Å². The molecule has 0 spiro atoms. The maximum absolute atomic E-state index is 12.0. The van der Waals surface area contributed by atoms with Crippen LogP contribution in [0, 0.1) is 10.1 Å². The number of nitro groups is 1. The summed E-state index contributed by atoms with van der Waals surface area (Å²) in [6, 6.07) is -1.23. The van der Waals surface area contributed by atoms with Crippen molar-refractivity contribution in [2.45, 2.75) is 25.6 Å². The molecule has 0 amide bonds. The molecule has 1 rings (SSSR count). The Balaban J connectivity index is 3.07. The molecule has 0 bridgehead atoms. The topological polar surface area (TPSA) is 107 Å². The molecule has 0 radical (unpaired) electrons. The van der Waals surface area contributed by atoms with Crippen LogP contribution in [0.2, 0.25) is 0 Å². The summed E-state index contributed by atoms with van der Waals surface area (Å²) in [4.78, 5) is 20.6. The number of carbonyl (C=O) groups is 1. The minimum atomic E-state index is -4.69. The van der Waals surface area contributed by atoms with Crippen molar-refractivity contribution in [2.24, 2.45) is 0 Å². The van der Waals surface area contributed by atoms with Crippen LogP contribution in [0.15, 0.2) is 6.20 Å². The number of rotatable bonds is 6. The third-order valence-electron chi connectivity index (χ3n) is 2.24. The number of aromatic nitrogens is 2. The molecule has 1 aromatic heterocycles. The standard InChI is InChI=1S/C9H10F3N3O5/c1-2-5(8(16)17)14-3-6(15(18)19)7(13-14)20-4-9(10,11)12/h3,5H,2,4H2,1H3,(H,16,17)/t5-/m1/s1. The Kier molecular flexibility index (Phi) is 4.53. The predicted molar refractivity (Wildman–Crippen MR) is 57.4 cm³/mol. The van der Waals surface area contributed by atoms with E-state index in [4.69, 9.17) is 5.11 Å². The zero-order chi connectivity index (χ0) is 15.5. The van der Waals surface area contributed by atoms with Crippen molar-refractivity contribution in [3.8, 4) is 5.88 Å². The Morgan fingerprint density at radius 3 is 2.65 bits per heavy atom. The molecule has 0 fully saturated rings. The molecule has 0 aliphatic heterocycles. The molecular formula is C9H10F3N3O5. The number of alkyl halides is 3. The van der Waals surface area contributed by atoms with E-state index in [1.165, 1.54) is 6.92 Å². The Hall–Kier alpha value is -2.33. The van der Waals surface area contributed by atoms with Crippen molar-refractivity contribution in [3.05, 3.63) is 16.3 Å². The summed E-state index contributed by atoms with van der Waals surface area (Å²) in [6.07, 6.45) is -3.91. The molecule has 0 saturated carbocycles. The lowest BCUT2D eigenvalue weighted by molar-refractivity contribution is -0.386. The number of carboxylic acid groups (broad SMARTS) is 1. The molecule has 0 aromatic carbocycles. The minimum absolute atomic E-state index is 0.0485. The Morgan fingerprint density at radius 1 is 1.65 bits per heavy atom. The van der Waals surface area contributed by atoms with Crippen molar-refractivity contribution in [3.63, 3.8) is 0 Å². The molecule has 0 unspecified atom stereocenters. The number of aliphatic carboxylic acids is 1. The number of hydrogen-bond donors (Lipinski definition) is 1. The Labute approximate surface area is 109 Å². The molecule has 1 atom stereocenters. The Bertz CT molecular complexity index is 513. The van der Waals surface area contributed by atoms with Gasteiger partial charge in [-0.1, -0.05) is 6.92 Å². The molecule has 11 heteroatoms. The average Bonchev–Trinajstić information content (AvgIpc) is 2.70. The third kappa shape index (κ3) is 3.83. The van der Waals surface area contributed by atoms with Gasteiger partial charge in [-0.2, -0.15) is 13.2 Å². The molecular weight excluding hydrogens is 287 g/mol.